The second-order valence-electron chi connectivity index (χ2n) is 3.96. The maximum Gasteiger partial charge on any atom is 0.0110 e. The lowest BCUT2D eigenvalue weighted by molar-refractivity contribution is 0.436. The molecule has 0 saturated heterocycles. The Hall–Kier alpha value is -0.470. The van der Waals surface area contributed by atoms with Gasteiger partial charge in [-0.2, -0.15) is 0 Å². The average molecular weight is 207 g/mol. The number of nitrogens with two attached hydrogens (primary N) is 1. The van der Waals surface area contributed by atoms with Crippen molar-refractivity contribution in [2.75, 3.05) is 12.3 Å². The van der Waals surface area contributed by atoms with Crippen molar-refractivity contribution < 1.29 is 0 Å². The van der Waals surface area contributed by atoms with Crippen LogP contribution < -0.4 is 5.73 Å². The van der Waals surface area contributed by atoms with Gasteiger partial charge < -0.3 is 5.73 Å². The van der Waals surface area contributed by atoms with Gasteiger partial charge in [0.2, 0.25) is 0 Å². The van der Waals surface area contributed by atoms with Crippen LogP contribution in [0.3, 0.4) is 0 Å². The Morgan fingerprint density at radius 2 is 2.21 bits per heavy atom. The summed E-state index contributed by atoms with van der Waals surface area (Å²) < 4.78 is 0. The lowest BCUT2D eigenvalue weighted by atomic mass is 9.77. The molecule has 1 heterocycles. The first-order valence-electron chi connectivity index (χ1n) is 5.25. The minimum absolute atomic E-state index is 0.357. The number of thioether (sulfide) groups is 1. The maximum atomic E-state index is 5.72. The van der Waals surface area contributed by atoms with Crippen molar-refractivity contribution >= 4 is 11.8 Å². The Labute approximate surface area is 90.1 Å². The molecule has 0 saturated carbocycles. The molecule has 1 aliphatic heterocycles. The van der Waals surface area contributed by atoms with Crippen LogP contribution in [0, 0.1) is 0 Å². The third kappa shape index (κ3) is 1.47. The van der Waals surface area contributed by atoms with Crippen LogP contribution in [0.4, 0.5) is 0 Å². The molecule has 1 aromatic carbocycles. The molecule has 0 radical (unpaired) electrons. The van der Waals surface area contributed by atoms with Crippen LogP contribution in [-0.2, 0) is 5.41 Å². The molecule has 2 N–H and O–H groups in total. The van der Waals surface area contributed by atoms with Crippen LogP contribution in [0.25, 0.3) is 0 Å². The molecule has 0 spiro atoms. The molecular formula is C12H17NS. The Bertz CT molecular complexity index is 320. The first-order valence-corrected chi connectivity index (χ1v) is 6.23. The highest BCUT2D eigenvalue weighted by atomic mass is 32.2. The second kappa shape index (κ2) is 3.95. The summed E-state index contributed by atoms with van der Waals surface area (Å²) in [6.45, 7) is 3.07. The summed E-state index contributed by atoms with van der Waals surface area (Å²) in [5.74, 6) is 1.21. The molecule has 1 aromatic rings. The lowest BCUT2D eigenvalue weighted by Gasteiger charge is -2.27. The summed E-state index contributed by atoms with van der Waals surface area (Å²) in [4.78, 5) is 1.46. The van der Waals surface area contributed by atoms with Gasteiger partial charge in [0, 0.05) is 16.1 Å². The largest absolute Gasteiger partial charge is 0.330 e. The fourth-order valence-corrected chi connectivity index (χ4v) is 3.83. The summed E-state index contributed by atoms with van der Waals surface area (Å²) in [7, 11) is 0. The Kier molecular flexibility index (Phi) is 2.84. The van der Waals surface area contributed by atoms with Crippen LogP contribution in [0.2, 0.25) is 0 Å². The van der Waals surface area contributed by atoms with Gasteiger partial charge >= 0.3 is 0 Å². The Morgan fingerprint density at radius 1 is 1.43 bits per heavy atom. The molecule has 14 heavy (non-hydrogen) atoms. The second-order valence-corrected chi connectivity index (χ2v) is 4.97. The zero-order valence-electron chi connectivity index (χ0n) is 8.62. The maximum absolute atomic E-state index is 5.72. The van der Waals surface area contributed by atoms with E-state index in [0.29, 0.717) is 5.41 Å². The van der Waals surface area contributed by atoms with Crippen molar-refractivity contribution in [2.24, 2.45) is 5.73 Å². The van der Waals surface area contributed by atoms with Gasteiger partial charge in [0.25, 0.3) is 0 Å². The first-order chi connectivity index (χ1) is 6.82. The molecule has 2 rings (SSSR count). The zero-order chi connectivity index (χ0) is 10.0. The third-order valence-corrected chi connectivity index (χ3v) is 4.63. The standard InChI is InChI=1S/C12H17NS/c1-2-12(7-8-13)9-14-11-6-4-3-5-10(11)12/h3-6H,2,7-9,13H2,1H3. The quantitative estimate of drug-likeness (QED) is 0.825. The smallest absolute Gasteiger partial charge is 0.0110 e. The molecule has 0 aliphatic carbocycles. The van der Waals surface area contributed by atoms with Gasteiger partial charge in [0.05, 0.1) is 0 Å². The van der Waals surface area contributed by atoms with E-state index in [1.54, 1.807) is 0 Å². The lowest BCUT2D eigenvalue weighted by Crippen LogP contribution is -2.28. The van der Waals surface area contributed by atoms with Crippen LogP contribution in [0.1, 0.15) is 25.3 Å². The van der Waals surface area contributed by atoms with Crippen LogP contribution in [-0.4, -0.2) is 12.3 Å². The van der Waals surface area contributed by atoms with Crippen LogP contribution in [0.5, 0.6) is 0 Å². The van der Waals surface area contributed by atoms with Crippen molar-refractivity contribution in [3.63, 3.8) is 0 Å². The minimum atomic E-state index is 0.357. The van der Waals surface area contributed by atoms with Gasteiger partial charge in [-0.1, -0.05) is 25.1 Å². The number of hydrogen-bond donors (Lipinski definition) is 1. The molecule has 2 heteroatoms. The van der Waals surface area contributed by atoms with E-state index in [1.807, 2.05) is 11.8 Å². The van der Waals surface area contributed by atoms with Crippen LogP contribution >= 0.6 is 11.8 Å². The van der Waals surface area contributed by atoms with E-state index in [9.17, 15) is 0 Å². The molecule has 1 aliphatic rings. The van der Waals surface area contributed by atoms with Gasteiger partial charge in [-0.25, -0.2) is 0 Å². The monoisotopic (exact) mass is 207 g/mol. The molecule has 1 unspecified atom stereocenters. The van der Waals surface area contributed by atoms with Gasteiger partial charge in [0.15, 0.2) is 0 Å². The molecule has 0 bridgehead atoms. The van der Waals surface area contributed by atoms with E-state index >= 15 is 0 Å². The van der Waals surface area contributed by atoms with Gasteiger partial charge in [-0.3, -0.25) is 0 Å². The molecular weight excluding hydrogens is 190 g/mol. The van der Waals surface area contributed by atoms with Gasteiger partial charge in [-0.05, 0) is 31.0 Å². The number of fused-ring (bicyclic) bond motifs is 1. The van der Waals surface area contributed by atoms with E-state index in [2.05, 4.69) is 31.2 Å². The molecule has 1 atom stereocenters. The highest BCUT2D eigenvalue weighted by Crippen LogP contribution is 2.47. The molecule has 0 fully saturated rings. The Morgan fingerprint density at radius 3 is 2.93 bits per heavy atom. The van der Waals surface area contributed by atoms with Gasteiger partial charge in [-0.15, -0.1) is 11.8 Å². The van der Waals surface area contributed by atoms with Crippen molar-refractivity contribution in [1.29, 1.82) is 0 Å². The number of rotatable bonds is 3. The van der Waals surface area contributed by atoms with E-state index in [0.717, 1.165) is 13.0 Å². The fraction of sp³-hybridized carbons (Fsp3) is 0.500. The molecule has 1 nitrogen and oxygen atoms in total. The topological polar surface area (TPSA) is 26.0 Å². The minimum Gasteiger partial charge on any atom is -0.330 e. The summed E-state index contributed by atoms with van der Waals surface area (Å²) in [5.41, 5.74) is 7.60. The van der Waals surface area contributed by atoms with E-state index in [4.69, 9.17) is 5.73 Å². The molecule has 0 aromatic heterocycles. The van der Waals surface area contributed by atoms with Gasteiger partial charge in [0.1, 0.15) is 0 Å². The van der Waals surface area contributed by atoms with E-state index in [-0.39, 0.29) is 0 Å². The zero-order valence-corrected chi connectivity index (χ0v) is 9.44. The SMILES string of the molecule is CCC1(CCN)CSc2ccccc21. The van der Waals surface area contributed by atoms with Crippen molar-refractivity contribution in [3.8, 4) is 0 Å². The summed E-state index contributed by atoms with van der Waals surface area (Å²) in [5, 5.41) is 0. The first kappa shape index (κ1) is 10.1. The van der Waals surface area contributed by atoms with Crippen molar-refractivity contribution in [3.05, 3.63) is 29.8 Å². The summed E-state index contributed by atoms with van der Waals surface area (Å²) >= 11 is 1.98. The number of hydrogen-bond acceptors (Lipinski definition) is 2. The molecule has 76 valence electrons. The summed E-state index contributed by atoms with van der Waals surface area (Å²) in [6, 6.07) is 8.77. The van der Waals surface area contributed by atoms with Crippen LogP contribution in [0.15, 0.2) is 29.2 Å². The predicted octanol–water partition coefficient (Wildman–Crippen LogP) is 2.79. The molecule has 0 amide bonds. The highest BCUT2D eigenvalue weighted by molar-refractivity contribution is 7.99. The van der Waals surface area contributed by atoms with E-state index in [1.165, 1.54) is 22.6 Å². The normalized spacial score (nSPS) is 25.0. The Balaban J connectivity index is 2.39. The van der Waals surface area contributed by atoms with Crippen molar-refractivity contribution in [1.82, 2.24) is 0 Å². The van der Waals surface area contributed by atoms with Crippen molar-refractivity contribution in [2.45, 2.75) is 30.1 Å². The van der Waals surface area contributed by atoms with E-state index < -0.39 is 0 Å². The fourth-order valence-electron chi connectivity index (χ4n) is 2.28. The average Bonchev–Trinajstić information content (AvgIpc) is 2.59. The number of benzene rings is 1. The summed E-state index contributed by atoms with van der Waals surface area (Å²) in [6.07, 6.45) is 2.32. The third-order valence-electron chi connectivity index (χ3n) is 3.26. The predicted molar refractivity (Wildman–Crippen MR) is 62.8 cm³/mol. The highest BCUT2D eigenvalue weighted by Gasteiger charge is 2.36.